The van der Waals surface area contributed by atoms with Crippen LogP contribution in [0, 0.1) is 11.8 Å². The number of hydrogen-bond acceptors (Lipinski definition) is 10. The Hall–Kier alpha value is -1.69. The third-order valence-electron chi connectivity index (χ3n) is 12.8. The average molecular weight is 911 g/mol. The summed E-state index contributed by atoms with van der Waals surface area (Å²) in [6.07, 6.45) is 34.6. The van der Waals surface area contributed by atoms with Crippen LogP contribution in [0.2, 0.25) is 0 Å². The first kappa shape index (κ1) is 54.6. The van der Waals surface area contributed by atoms with Gasteiger partial charge in [-0.05, 0) is 24.6 Å². The molecule has 0 N–H and O–H groups in total. The molecule has 0 radical (unpaired) electrons. The number of fused-ring (bicyclic) bond motifs is 5. The van der Waals surface area contributed by atoms with E-state index in [2.05, 4.69) is 13.8 Å². The highest BCUT2D eigenvalue weighted by Gasteiger charge is 2.60. The predicted molar refractivity (Wildman–Crippen MR) is 252 cm³/mol. The molecule has 11 nitrogen and oxygen atoms in total. The fourth-order valence-corrected chi connectivity index (χ4v) is 11.8. The minimum Gasteiger partial charge on any atom is -0.462 e. The molecule has 3 aliphatic heterocycles. The van der Waals surface area contributed by atoms with Gasteiger partial charge in [0.15, 0.2) is 6.10 Å². The van der Waals surface area contributed by atoms with E-state index in [0.717, 1.165) is 38.5 Å². The number of ether oxygens (including phenoxy) is 3. The molecule has 2 fully saturated rings. The molecule has 3 heterocycles. The minimum absolute atomic E-state index is 0.00588. The largest absolute Gasteiger partial charge is 0.462 e. The summed E-state index contributed by atoms with van der Waals surface area (Å²) in [7, 11) is 0. The number of nitrogens with zero attached hydrogens (tertiary/aromatic N) is 2. The fourth-order valence-electron chi connectivity index (χ4n) is 8.97. The topological polar surface area (TPSA) is 121 Å². The third kappa shape index (κ3) is 20.2. The maximum atomic E-state index is 13.2. The van der Waals surface area contributed by atoms with E-state index in [9.17, 15) is 19.2 Å². The molecule has 6 atom stereocenters. The SMILES string of the molecule is CCCCCCCCCCCCCCCC(=O)OCC(COP(=S)(OCCN1C(=O)[C@@H]2[C@H](C1=O)[C@H]1C=C[C@@H]2O1)N(CC)CC)OC(=O)CCCCCCCCCCCCCCC. The Morgan fingerprint density at radius 3 is 1.44 bits per heavy atom. The van der Waals surface area contributed by atoms with Crippen LogP contribution in [0.15, 0.2) is 12.2 Å². The first-order valence-electron chi connectivity index (χ1n) is 25.4. The van der Waals surface area contributed by atoms with E-state index in [0.29, 0.717) is 19.5 Å². The number of likely N-dealkylation sites (tertiary alicyclic amines) is 1. The summed E-state index contributed by atoms with van der Waals surface area (Å²) in [4.78, 5) is 53.7. The Morgan fingerprint density at radius 1 is 0.613 bits per heavy atom. The van der Waals surface area contributed by atoms with Crippen LogP contribution in [-0.2, 0) is 54.2 Å². The number of rotatable bonds is 41. The maximum absolute atomic E-state index is 13.2. The molecule has 0 saturated carbocycles. The average Bonchev–Trinajstić information content (AvgIpc) is 3.96. The molecule has 0 spiro atoms. The smallest absolute Gasteiger partial charge is 0.306 e. The van der Waals surface area contributed by atoms with E-state index >= 15 is 0 Å². The lowest BCUT2D eigenvalue weighted by Crippen LogP contribution is -2.37. The van der Waals surface area contributed by atoms with Crippen LogP contribution in [0.3, 0.4) is 0 Å². The van der Waals surface area contributed by atoms with Gasteiger partial charge in [-0.25, -0.2) is 4.67 Å². The zero-order valence-electron chi connectivity index (χ0n) is 39.5. The van der Waals surface area contributed by atoms with E-state index in [1.807, 2.05) is 30.7 Å². The van der Waals surface area contributed by atoms with Crippen LogP contribution >= 0.6 is 6.64 Å². The van der Waals surface area contributed by atoms with Crippen molar-refractivity contribution in [3.05, 3.63) is 12.2 Å². The number of carbonyl (C=O) groups excluding carboxylic acids is 4. The van der Waals surface area contributed by atoms with Crippen LogP contribution in [0.1, 0.15) is 207 Å². The summed E-state index contributed by atoms with van der Waals surface area (Å²) < 4.78 is 31.9. The Balaban J connectivity index is 1.44. The molecular weight excluding hydrogens is 824 g/mol. The molecular formula is C49H87N2O9PS. The second kappa shape index (κ2) is 32.9. The molecule has 2 bridgehead atoms. The summed E-state index contributed by atoms with van der Waals surface area (Å²) in [5.74, 6) is -2.12. The zero-order chi connectivity index (χ0) is 44.8. The monoisotopic (exact) mass is 911 g/mol. The molecule has 0 aromatic heterocycles. The van der Waals surface area contributed by atoms with Gasteiger partial charge in [-0.3, -0.25) is 24.1 Å². The number of amides is 2. The maximum Gasteiger partial charge on any atom is 0.306 e. The lowest BCUT2D eigenvalue weighted by molar-refractivity contribution is -0.161. The molecule has 0 aliphatic carbocycles. The van der Waals surface area contributed by atoms with Crippen molar-refractivity contribution in [1.82, 2.24) is 9.57 Å². The van der Waals surface area contributed by atoms with Gasteiger partial charge in [0.2, 0.25) is 11.8 Å². The van der Waals surface area contributed by atoms with Gasteiger partial charge in [0.25, 0.3) is 6.64 Å². The molecule has 13 heteroatoms. The summed E-state index contributed by atoms with van der Waals surface area (Å²) in [6.45, 7) is 6.19. The van der Waals surface area contributed by atoms with Crippen LogP contribution in [0.5, 0.6) is 0 Å². The molecule has 358 valence electrons. The molecule has 3 rings (SSSR count). The number of imide groups is 1. The quantitative estimate of drug-likeness (QED) is 0.0192. The molecule has 62 heavy (non-hydrogen) atoms. The molecule has 2 unspecified atom stereocenters. The Bertz CT molecular complexity index is 1320. The molecule has 0 aromatic carbocycles. The van der Waals surface area contributed by atoms with Crippen molar-refractivity contribution in [3.63, 3.8) is 0 Å². The highest BCUT2D eigenvalue weighted by Crippen LogP contribution is 2.52. The van der Waals surface area contributed by atoms with E-state index in [4.69, 9.17) is 35.1 Å². The van der Waals surface area contributed by atoms with Crippen LogP contribution in [0.4, 0.5) is 0 Å². The van der Waals surface area contributed by atoms with Gasteiger partial charge in [0, 0.05) is 25.9 Å². The molecule has 2 amide bonds. The first-order chi connectivity index (χ1) is 30.2. The van der Waals surface area contributed by atoms with Gasteiger partial charge in [-0.15, -0.1) is 0 Å². The van der Waals surface area contributed by atoms with Crippen LogP contribution in [0.25, 0.3) is 0 Å². The van der Waals surface area contributed by atoms with E-state index in [-0.39, 0.29) is 68.7 Å². The number of hydrogen-bond donors (Lipinski definition) is 0. The molecule has 2 saturated heterocycles. The van der Waals surface area contributed by atoms with Crippen LogP contribution in [-0.4, -0.2) is 91.1 Å². The second-order valence-corrected chi connectivity index (χ2v) is 21.3. The lowest BCUT2D eigenvalue weighted by atomic mass is 9.85. The van der Waals surface area contributed by atoms with Gasteiger partial charge >= 0.3 is 11.9 Å². The van der Waals surface area contributed by atoms with Gasteiger partial charge < -0.3 is 23.3 Å². The van der Waals surface area contributed by atoms with Crippen molar-refractivity contribution in [2.75, 3.05) is 39.5 Å². The van der Waals surface area contributed by atoms with Gasteiger partial charge in [-0.2, -0.15) is 0 Å². The zero-order valence-corrected chi connectivity index (χ0v) is 41.2. The number of esters is 2. The Morgan fingerprint density at radius 2 is 1.02 bits per heavy atom. The molecule has 0 aromatic rings. The lowest BCUT2D eigenvalue weighted by Gasteiger charge is -2.33. The van der Waals surface area contributed by atoms with Gasteiger partial charge in [0.05, 0.1) is 43.8 Å². The minimum atomic E-state index is -3.15. The van der Waals surface area contributed by atoms with Crippen molar-refractivity contribution in [2.45, 2.75) is 226 Å². The standard InChI is InChI=1S/C49H87N2O9PS/c1-5-9-11-13-15-17-19-21-23-25-27-29-31-33-44(52)56-39-41(59-45(53)34-32-30-28-26-24-22-20-18-16-14-12-10-6-2)40-58-61(62,50(7-3)8-4)57-38-37-51-48(54)46-42-35-36-43(60-42)47(46)49(51)55/h35-36,41-43,46-47H,5-34,37-40H2,1-4H3/t41?,42-,43+,46-,47+,61?. The normalized spacial score (nSPS) is 20.6. The van der Waals surface area contributed by atoms with E-state index in [1.165, 1.54) is 133 Å². The second-order valence-electron chi connectivity index (χ2n) is 17.8. The predicted octanol–water partition coefficient (Wildman–Crippen LogP) is 11.9. The fraction of sp³-hybridized carbons (Fsp3) is 0.878. The van der Waals surface area contributed by atoms with Crippen molar-refractivity contribution in [3.8, 4) is 0 Å². The van der Waals surface area contributed by atoms with Crippen molar-refractivity contribution in [2.24, 2.45) is 11.8 Å². The summed E-state index contributed by atoms with van der Waals surface area (Å²) in [5, 5.41) is 0. The highest BCUT2D eigenvalue weighted by atomic mass is 32.5. The van der Waals surface area contributed by atoms with Crippen molar-refractivity contribution in [1.29, 1.82) is 0 Å². The summed E-state index contributed by atoms with van der Waals surface area (Å²) in [5.41, 5.74) is 0. The van der Waals surface area contributed by atoms with Crippen LogP contribution < -0.4 is 0 Å². The summed E-state index contributed by atoms with van der Waals surface area (Å²) >= 11 is 6.05. The van der Waals surface area contributed by atoms with Gasteiger partial charge in [-0.1, -0.05) is 194 Å². The number of unbranched alkanes of at least 4 members (excludes halogenated alkanes) is 24. The van der Waals surface area contributed by atoms with Crippen molar-refractivity contribution >= 4 is 42.2 Å². The first-order valence-corrected chi connectivity index (χ1v) is 28.0. The van der Waals surface area contributed by atoms with Gasteiger partial charge in [0.1, 0.15) is 6.61 Å². The molecule has 3 aliphatic rings. The summed E-state index contributed by atoms with van der Waals surface area (Å²) in [6, 6.07) is 0. The van der Waals surface area contributed by atoms with E-state index < -0.39 is 24.6 Å². The Kier molecular flexibility index (Phi) is 29.0. The highest BCUT2D eigenvalue weighted by molar-refractivity contribution is 8.08. The Labute approximate surface area is 382 Å². The van der Waals surface area contributed by atoms with Crippen molar-refractivity contribution < 1.29 is 42.4 Å². The third-order valence-corrected chi connectivity index (χ3v) is 16.3. The number of carbonyl (C=O) groups is 4. The van der Waals surface area contributed by atoms with E-state index in [1.54, 1.807) is 0 Å².